The van der Waals surface area contributed by atoms with Crippen LogP contribution in [0, 0.1) is 0 Å². The van der Waals surface area contributed by atoms with Gasteiger partial charge >= 0.3 is 5.97 Å². The predicted octanol–water partition coefficient (Wildman–Crippen LogP) is 3.23. The van der Waals surface area contributed by atoms with E-state index in [1.54, 1.807) is 30.3 Å². The second-order valence-electron chi connectivity index (χ2n) is 3.96. The van der Waals surface area contributed by atoms with Crippen LogP contribution in [0.5, 0.6) is 5.75 Å². The maximum atomic E-state index is 11.1. The van der Waals surface area contributed by atoms with E-state index < -0.39 is 12.1 Å². The van der Waals surface area contributed by atoms with Crippen LogP contribution in [0.3, 0.4) is 0 Å². The van der Waals surface area contributed by atoms with E-state index in [4.69, 9.17) is 9.84 Å². The number of benzene rings is 2. The third-order valence-corrected chi connectivity index (χ3v) is 2.51. The molecule has 0 saturated carbocycles. The van der Waals surface area contributed by atoms with Gasteiger partial charge in [-0.1, -0.05) is 54.6 Å². The molecule has 0 aromatic heterocycles. The van der Waals surface area contributed by atoms with Crippen molar-refractivity contribution in [3.05, 3.63) is 72.3 Å². The molecule has 1 N–H and O–H groups in total. The molecule has 2 rings (SSSR count). The Morgan fingerprint density at radius 2 is 1.58 bits per heavy atom. The van der Waals surface area contributed by atoms with E-state index in [-0.39, 0.29) is 0 Å². The Hall–Kier alpha value is -2.55. The lowest BCUT2D eigenvalue weighted by molar-refractivity contribution is -0.142. The molecule has 0 amide bonds. The Morgan fingerprint density at radius 3 is 2.16 bits per heavy atom. The van der Waals surface area contributed by atoms with E-state index in [2.05, 4.69) is 0 Å². The van der Waals surface area contributed by atoms with Gasteiger partial charge in [0.1, 0.15) is 5.75 Å². The van der Waals surface area contributed by atoms with Crippen molar-refractivity contribution < 1.29 is 14.6 Å². The van der Waals surface area contributed by atoms with Gasteiger partial charge in [0.05, 0.1) is 0 Å². The highest BCUT2D eigenvalue weighted by atomic mass is 16.5. The molecule has 0 bridgehead atoms. The van der Waals surface area contributed by atoms with E-state index in [1.165, 1.54) is 6.08 Å². The highest BCUT2D eigenvalue weighted by Crippen LogP contribution is 2.12. The fourth-order valence-corrected chi connectivity index (χ4v) is 1.58. The van der Waals surface area contributed by atoms with Crippen molar-refractivity contribution >= 4 is 12.0 Å². The third-order valence-electron chi connectivity index (χ3n) is 2.51. The van der Waals surface area contributed by atoms with E-state index in [0.29, 0.717) is 5.75 Å². The Balaban J connectivity index is 2.09. The Labute approximate surface area is 111 Å². The number of ether oxygens (including phenoxy) is 1. The molecular formula is C16H14O3. The second kappa shape index (κ2) is 6.40. The van der Waals surface area contributed by atoms with Crippen LogP contribution in [0.2, 0.25) is 0 Å². The maximum absolute atomic E-state index is 11.1. The molecule has 0 saturated heterocycles. The van der Waals surface area contributed by atoms with Crippen LogP contribution < -0.4 is 4.74 Å². The number of carboxylic acids is 1. The molecule has 0 fully saturated rings. The summed E-state index contributed by atoms with van der Waals surface area (Å²) in [7, 11) is 0. The highest BCUT2D eigenvalue weighted by molar-refractivity contribution is 5.76. The first kappa shape index (κ1) is 12.9. The Bertz CT molecular complexity index is 547. The summed E-state index contributed by atoms with van der Waals surface area (Å²) in [5.41, 5.74) is 0.936. The molecule has 1 atom stereocenters. The molecule has 3 nitrogen and oxygen atoms in total. The Kier molecular flexibility index (Phi) is 4.34. The maximum Gasteiger partial charge on any atom is 0.349 e. The van der Waals surface area contributed by atoms with Crippen LogP contribution in [0.25, 0.3) is 6.08 Å². The normalized spacial score (nSPS) is 12.2. The summed E-state index contributed by atoms with van der Waals surface area (Å²) in [4.78, 5) is 11.1. The lowest BCUT2D eigenvalue weighted by Crippen LogP contribution is -2.24. The first-order valence-corrected chi connectivity index (χ1v) is 5.93. The van der Waals surface area contributed by atoms with Crippen molar-refractivity contribution in [1.29, 1.82) is 0 Å². The van der Waals surface area contributed by atoms with Crippen LogP contribution in [0.15, 0.2) is 66.7 Å². The van der Waals surface area contributed by atoms with Crippen LogP contribution in [0.1, 0.15) is 5.56 Å². The van der Waals surface area contributed by atoms with E-state index in [9.17, 15) is 4.79 Å². The molecule has 0 aliphatic heterocycles. The minimum absolute atomic E-state index is 0.535. The number of rotatable bonds is 5. The topological polar surface area (TPSA) is 46.5 Å². The fourth-order valence-electron chi connectivity index (χ4n) is 1.58. The summed E-state index contributed by atoms with van der Waals surface area (Å²) in [5, 5.41) is 9.14. The lowest BCUT2D eigenvalue weighted by atomic mass is 10.2. The number of hydrogen-bond donors (Lipinski definition) is 1. The molecule has 0 heterocycles. The molecular weight excluding hydrogens is 240 g/mol. The number of carboxylic acid groups (broad SMARTS) is 1. The van der Waals surface area contributed by atoms with E-state index >= 15 is 0 Å². The van der Waals surface area contributed by atoms with Crippen molar-refractivity contribution in [3.63, 3.8) is 0 Å². The molecule has 0 aliphatic rings. The molecule has 19 heavy (non-hydrogen) atoms. The van der Waals surface area contributed by atoms with Gasteiger partial charge < -0.3 is 9.84 Å². The SMILES string of the molecule is O=C(O)[C@@H](C=Cc1ccccc1)Oc1ccccc1. The van der Waals surface area contributed by atoms with Gasteiger partial charge in [0.15, 0.2) is 0 Å². The van der Waals surface area contributed by atoms with Crippen molar-refractivity contribution in [2.24, 2.45) is 0 Å². The van der Waals surface area contributed by atoms with Crippen LogP contribution >= 0.6 is 0 Å². The minimum Gasteiger partial charge on any atom is -0.478 e. The van der Waals surface area contributed by atoms with Crippen molar-refractivity contribution in [2.75, 3.05) is 0 Å². The first-order valence-electron chi connectivity index (χ1n) is 5.93. The highest BCUT2D eigenvalue weighted by Gasteiger charge is 2.15. The van der Waals surface area contributed by atoms with Gasteiger partial charge in [0.25, 0.3) is 0 Å². The molecule has 0 aliphatic carbocycles. The molecule has 96 valence electrons. The summed E-state index contributed by atoms with van der Waals surface area (Å²) in [6.07, 6.45) is 2.27. The molecule has 0 spiro atoms. The minimum atomic E-state index is -1.02. The summed E-state index contributed by atoms with van der Waals surface area (Å²) < 4.78 is 5.41. The Morgan fingerprint density at radius 1 is 1.00 bits per heavy atom. The van der Waals surface area contributed by atoms with E-state index in [1.807, 2.05) is 36.4 Å². The monoisotopic (exact) mass is 254 g/mol. The number of carbonyl (C=O) groups is 1. The second-order valence-corrected chi connectivity index (χ2v) is 3.96. The van der Waals surface area contributed by atoms with Crippen LogP contribution in [-0.2, 0) is 4.79 Å². The first-order chi connectivity index (χ1) is 9.25. The average molecular weight is 254 g/mol. The summed E-state index contributed by atoms with van der Waals surface area (Å²) in [5.74, 6) is -0.483. The lowest BCUT2D eigenvalue weighted by Gasteiger charge is -2.11. The predicted molar refractivity (Wildman–Crippen MR) is 74.0 cm³/mol. The fraction of sp³-hybridized carbons (Fsp3) is 0.0625. The molecule has 3 heteroatoms. The summed E-state index contributed by atoms with van der Waals surface area (Å²) in [6, 6.07) is 18.4. The van der Waals surface area contributed by atoms with Crippen molar-refractivity contribution in [2.45, 2.75) is 6.10 Å². The number of aliphatic carboxylic acids is 1. The van der Waals surface area contributed by atoms with Gasteiger partial charge in [-0.15, -0.1) is 0 Å². The number of para-hydroxylation sites is 1. The summed E-state index contributed by atoms with van der Waals surface area (Å²) in [6.45, 7) is 0. The average Bonchev–Trinajstić information content (AvgIpc) is 2.45. The number of hydrogen-bond acceptors (Lipinski definition) is 2. The zero-order valence-corrected chi connectivity index (χ0v) is 10.3. The quantitative estimate of drug-likeness (QED) is 0.891. The van der Waals surface area contributed by atoms with Gasteiger partial charge in [-0.3, -0.25) is 0 Å². The standard InChI is InChI=1S/C16H14O3/c17-16(18)15(19-14-9-5-2-6-10-14)12-11-13-7-3-1-4-8-13/h1-12,15H,(H,17,18)/t15-/m1/s1. The van der Waals surface area contributed by atoms with Crippen molar-refractivity contribution in [3.8, 4) is 5.75 Å². The van der Waals surface area contributed by atoms with Crippen molar-refractivity contribution in [1.82, 2.24) is 0 Å². The van der Waals surface area contributed by atoms with Crippen LogP contribution in [0.4, 0.5) is 0 Å². The summed E-state index contributed by atoms with van der Waals surface area (Å²) >= 11 is 0. The smallest absolute Gasteiger partial charge is 0.349 e. The molecule has 2 aromatic rings. The van der Waals surface area contributed by atoms with Gasteiger partial charge in [-0.2, -0.15) is 0 Å². The molecule has 0 radical (unpaired) electrons. The molecule has 0 unspecified atom stereocenters. The van der Waals surface area contributed by atoms with Gasteiger partial charge in [0, 0.05) is 0 Å². The molecule has 2 aromatic carbocycles. The van der Waals surface area contributed by atoms with Gasteiger partial charge in [0.2, 0.25) is 6.10 Å². The largest absolute Gasteiger partial charge is 0.478 e. The van der Waals surface area contributed by atoms with Gasteiger partial charge in [-0.25, -0.2) is 4.79 Å². The third kappa shape index (κ3) is 4.00. The van der Waals surface area contributed by atoms with E-state index in [0.717, 1.165) is 5.56 Å². The zero-order chi connectivity index (χ0) is 13.5. The zero-order valence-electron chi connectivity index (χ0n) is 10.3. The van der Waals surface area contributed by atoms with Gasteiger partial charge in [-0.05, 0) is 23.8 Å². The van der Waals surface area contributed by atoms with Crippen LogP contribution in [-0.4, -0.2) is 17.2 Å².